The molecule has 0 radical (unpaired) electrons. The van der Waals surface area contributed by atoms with Crippen LogP contribution in [-0.4, -0.2) is 25.2 Å². The maximum Gasteiger partial charge on any atom is 0.335 e. The maximum atomic E-state index is 11.4. The third-order valence-corrected chi connectivity index (χ3v) is 4.35. The van der Waals surface area contributed by atoms with Crippen LogP contribution in [0.25, 0.3) is 11.1 Å². The lowest BCUT2D eigenvalue weighted by Gasteiger charge is -2.08. The molecule has 2 rings (SSSR count). The number of carbonyl (C=O) groups excluding carboxylic acids is 2. The highest BCUT2D eigenvalue weighted by Gasteiger charge is 2.01. The second kappa shape index (κ2) is 13.0. The zero-order valence-electron chi connectivity index (χ0n) is 17.3. The van der Waals surface area contributed by atoms with Gasteiger partial charge in [-0.25, -0.2) is 9.59 Å². The first-order valence-electron chi connectivity index (χ1n) is 10.0. The number of hydrogen-bond donors (Lipinski definition) is 0. The van der Waals surface area contributed by atoms with E-state index in [1.54, 1.807) is 0 Å². The van der Waals surface area contributed by atoms with Gasteiger partial charge in [0.2, 0.25) is 0 Å². The maximum absolute atomic E-state index is 11.4. The fourth-order valence-corrected chi connectivity index (χ4v) is 2.72. The summed E-state index contributed by atoms with van der Waals surface area (Å²) in [6, 6.07) is 16.6. The van der Waals surface area contributed by atoms with E-state index in [0.717, 1.165) is 49.8 Å². The van der Waals surface area contributed by atoms with Crippen LogP contribution in [0.2, 0.25) is 0 Å². The van der Waals surface area contributed by atoms with Crippen molar-refractivity contribution in [1.82, 2.24) is 0 Å². The number of unbranched alkanes of at least 4 members (excludes halogenated alkanes) is 3. The molecule has 0 atom stereocenters. The Morgan fingerprint density at radius 3 is 2.00 bits per heavy atom. The number of benzene rings is 2. The van der Waals surface area contributed by atoms with Gasteiger partial charge in [0.1, 0.15) is 5.75 Å². The summed E-state index contributed by atoms with van der Waals surface area (Å²) >= 11 is 0. The van der Waals surface area contributed by atoms with E-state index in [4.69, 9.17) is 9.47 Å². The number of ether oxygens (including phenoxy) is 3. The molecular weight excluding hydrogens is 380 g/mol. The Labute approximate surface area is 178 Å². The van der Waals surface area contributed by atoms with E-state index in [2.05, 4.69) is 54.6 Å². The van der Waals surface area contributed by atoms with Crippen molar-refractivity contribution in [3.63, 3.8) is 0 Å². The molecule has 0 aromatic heterocycles. The lowest BCUT2D eigenvalue weighted by atomic mass is 10.0. The molecule has 0 amide bonds. The van der Waals surface area contributed by atoms with Gasteiger partial charge in [-0.05, 0) is 55.9 Å². The molecule has 30 heavy (non-hydrogen) atoms. The van der Waals surface area contributed by atoms with Crippen LogP contribution in [0.4, 0.5) is 0 Å². The number of rotatable bonds is 12. The molecule has 0 unspecified atom stereocenters. The zero-order chi connectivity index (χ0) is 21.6. The molecule has 0 fully saturated rings. The second-order valence-electron chi connectivity index (χ2n) is 6.76. The third kappa shape index (κ3) is 8.78. The number of hydrogen-bond acceptors (Lipinski definition) is 5. The predicted molar refractivity (Wildman–Crippen MR) is 117 cm³/mol. The van der Waals surface area contributed by atoms with Crippen LogP contribution in [0.1, 0.15) is 31.2 Å². The minimum atomic E-state index is -0.660. The van der Waals surface area contributed by atoms with Crippen molar-refractivity contribution in [2.45, 2.75) is 32.6 Å². The standard InChI is InChI=1S/C25H28O5/c1-3-28-24(26)16-17-25(27)30-19-7-5-4-6-18-29-23-14-12-22(13-15-23)21-10-8-20(2)9-11-21/h3,8-17H,1,4-7,18-19H2,2H3/b17-16+. The minimum Gasteiger partial charge on any atom is -0.494 e. The second-order valence-corrected chi connectivity index (χ2v) is 6.76. The van der Waals surface area contributed by atoms with E-state index < -0.39 is 11.9 Å². The molecule has 0 aliphatic heterocycles. The van der Waals surface area contributed by atoms with Gasteiger partial charge >= 0.3 is 11.9 Å². The third-order valence-electron chi connectivity index (χ3n) is 4.35. The Morgan fingerprint density at radius 2 is 1.37 bits per heavy atom. The topological polar surface area (TPSA) is 61.8 Å². The quantitative estimate of drug-likeness (QED) is 0.204. The van der Waals surface area contributed by atoms with Crippen LogP contribution >= 0.6 is 0 Å². The fourth-order valence-electron chi connectivity index (χ4n) is 2.72. The van der Waals surface area contributed by atoms with Gasteiger partial charge < -0.3 is 14.2 Å². The van der Waals surface area contributed by atoms with E-state index in [0.29, 0.717) is 13.2 Å². The normalized spacial score (nSPS) is 10.6. The van der Waals surface area contributed by atoms with Gasteiger partial charge in [0.15, 0.2) is 0 Å². The summed E-state index contributed by atoms with van der Waals surface area (Å²) in [6.07, 6.45) is 6.68. The predicted octanol–water partition coefficient (Wildman–Crippen LogP) is 5.39. The Morgan fingerprint density at radius 1 is 0.800 bits per heavy atom. The Kier molecular flexibility index (Phi) is 9.93. The molecule has 0 aliphatic rings. The largest absolute Gasteiger partial charge is 0.494 e. The molecule has 5 heteroatoms. The highest BCUT2D eigenvalue weighted by atomic mass is 16.5. The molecule has 2 aromatic carbocycles. The molecule has 2 aromatic rings. The molecule has 0 aliphatic carbocycles. The van der Waals surface area contributed by atoms with Crippen LogP contribution in [0, 0.1) is 6.92 Å². The molecular formula is C25H28O5. The van der Waals surface area contributed by atoms with Gasteiger partial charge in [0.05, 0.1) is 19.5 Å². The Hall–Kier alpha value is -3.34. The smallest absolute Gasteiger partial charge is 0.335 e. The van der Waals surface area contributed by atoms with Crippen molar-refractivity contribution < 1.29 is 23.8 Å². The van der Waals surface area contributed by atoms with Crippen molar-refractivity contribution in [3.8, 4) is 16.9 Å². The molecule has 0 saturated heterocycles. The van der Waals surface area contributed by atoms with Gasteiger partial charge in [0.25, 0.3) is 0 Å². The van der Waals surface area contributed by atoms with E-state index >= 15 is 0 Å². The van der Waals surface area contributed by atoms with Gasteiger partial charge in [-0.3, -0.25) is 0 Å². The minimum absolute atomic E-state index is 0.320. The number of carbonyl (C=O) groups is 2. The molecule has 0 heterocycles. The molecule has 0 N–H and O–H groups in total. The SMILES string of the molecule is C=COC(=O)/C=C/C(=O)OCCCCCCOc1ccc(-c2ccc(C)cc2)cc1. The van der Waals surface area contributed by atoms with Crippen LogP contribution in [0.3, 0.4) is 0 Å². The van der Waals surface area contributed by atoms with E-state index in [1.165, 1.54) is 16.7 Å². The lowest BCUT2D eigenvalue weighted by molar-refractivity contribution is -0.139. The van der Waals surface area contributed by atoms with Crippen LogP contribution in [0.15, 0.2) is 73.5 Å². The van der Waals surface area contributed by atoms with Crippen LogP contribution in [-0.2, 0) is 19.1 Å². The summed E-state index contributed by atoms with van der Waals surface area (Å²) in [6.45, 7) is 6.30. The van der Waals surface area contributed by atoms with Crippen molar-refractivity contribution >= 4 is 11.9 Å². The summed E-state index contributed by atoms with van der Waals surface area (Å²) in [5.74, 6) is -0.360. The van der Waals surface area contributed by atoms with Gasteiger partial charge in [0, 0.05) is 12.2 Å². The van der Waals surface area contributed by atoms with Crippen molar-refractivity contribution in [2.75, 3.05) is 13.2 Å². The summed E-state index contributed by atoms with van der Waals surface area (Å²) in [5.41, 5.74) is 3.61. The monoisotopic (exact) mass is 408 g/mol. The highest BCUT2D eigenvalue weighted by Crippen LogP contribution is 2.23. The average molecular weight is 408 g/mol. The van der Waals surface area contributed by atoms with Crippen LogP contribution in [0.5, 0.6) is 5.75 Å². The molecule has 0 bridgehead atoms. The molecule has 5 nitrogen and oxygen atoms in total. The lowest BCUT2D eigenvalue weighted by Crippen LogP contribution is -2.04. The summed E-state index contributed by atoms with van der Waals surface area (Å²) in [5, 5.41) is 0. The summed E-state index contributed by atoms with van der Waals surface area (Å²) in [4.78, 5) is 22.4. The summed E-state index contributed by atoms with van der Waals surface area (Å²) < 4.78 is 15.3. The molecule has 0 spiro atoms. The van der Waals surface area contributed by atoms with E-state index in [9.17, 15) is 9.59 Å². The Bertz CT molecular complexity index is 835. The van der Waals surface area contributed by atoms with Crippen molar-refractivity contribution in [1.29, 1.82) is 0 Å². The van der Waals surface area contributed by atoms with Gasteiger partial charge in [-0.15, -0.1) is 0 Å². The highest BCUT2D eigenvalue weighted by molar-refractivity contribution is 5.91. The Balaban J connectivity index is 1.54. The van der Waals surface area contributed by atoms with E-state index in [-0.39, 0.29) is 0 Å². The fraction of sp³-hybridized carbons (Fsp3) is 0.280. The van der Waals surface area contributed by atoms with Gasteiger partial charge in [-0.2, -0.15) is 0 Å². The van der Waals surface area contributed by atoms with Crippen molar-refractivity contribution in [3.05, 3.63) is 79.1 Å². The average Bonchev–Trinajstić information content (AvgIpc) is 2.75. The number of aryl methyl sites for hydroxylation is 1. The first-order valence-corrected chi connectivity index (χ1v) is 10.0. The summed E-state index contributed by atoms with van der Waals surface area (Å²) in [7, 11) is 0. The zero-order valence-corrected chi connectivity index (χ0v) is 17.3. The molecule has 158 valence electrons. The number of esters is 2. The molecule has 0 saturated carbocycles. The van der Waals surface area contributed by atoms with E-state index in [1.807, 2.05) is 12.1 Å². The van der Waals surface area contributed by atoms with Crippen LogP contribution < -0.4 is 4.74 Å². The first-order chi connectivity index (χ1) is 14.6. The van der Waals surface area contributed by atoms with Crippen molar-refractivity contribution in [2.24, 2.45) is 0 Å². The van der Waals surface area contributed by atoms with Gasteiger partial charge in [-0.1, -0.05) is 48.5 Å². The first kappa shape index (κ1) is 22.9.